The standard InChI is InChI=1S/C28H22BrN3/c29-24-16-14-21(15-17-24)20-30-25-11-7-10-23(18-25)27-19-28(22-8-3-1-4-9-22)32(31-27)26-12-5-2-6-13-26/h1-18,20,28H,19H2. The Morgan fingerprint density at radius 3 is 2.28 bits per heavy atom. The molecule has 5 rings (SSSR count). The Kier molecular flexibility index (Phi) is 5.95. The van der Waals surface area contributed by atoms with Gasteiger partial charge in [0.2, 0.25) is 0 Å². The molecule has 0 saturated heterocycles. The first-order valence-corrected chi connectivity index (χ1v) is 11.4. The van der Waals surface area contributed by atoms with Gasteiger partial charge in [0, 0.05) is 17.1 Å². The van der Waals surface area contributed by atoms with Gasteiger partial charge in [-0.1, -0.05) is 88.7 Å². The van der Waals surface area contributed by atoms with Gasteiger partial charge in [0.1, 0.15) is 0 Å². The third kappa shape index (κ3) is 4.56. The number of aliphatic imine (C=N–C) groups is 1. The van der Waals surface area contributed by atoms with Crippen molar-refractivity contribution in [3.05, 3.63) is 130 Å². The lowest BCUT2D eigenvalue weighted by Crippen LogP contribution is -2.18. The highest BCUT2D eigenvalue weighted by molar-refractivity contribution is 9.10. The van der Waals surface area contributed by atoms with Crippen molar-refractivity contribution in [2.24, 2.45) is 10.1 Å². The number of halogens is 1. The van der Waals surface area contributed by atoms with Gasteiger partial charge in [-0.25, -0.2) is 0 Å². The number of anilines is 1. The highest BCUT2D eigenvalue weighted by Crippen LogP contribution is 2.36. The molecule has 1 aliphatic rings. The molecule has 0 saturated carbocycles. The topological polar surface area (TPSA) is 28.0 Å². The van der Waals surface area contributed by atoms with Crippen LogP contribution in [-0.2, 0) is 0 Å². The van der Waals surface area contributed by atoms with Crippen molar-refractivity contribution in [3.63, 3.8) is 0 Å². The molecule has 0 fully saturated rings. The third-order valence-corrected chi connectivity index (χ3v) is 6.06. The first-order valence-electron chi connectivity index (χ1n) is 10.6. The fourth-order valence-corrected chi connectivity index (χ4v) is 4.17. The largest absolute Gasteiger partial charge is 0.257 e. The van der Waals surface area contributed by atoms with Gasteiger partial charge in [-0.2, -0.15) is 5.10 Å². The molecule has 0 N–H and O–H groups in total. The van der Waals surface area contributed by atoms with Gasteiger partial charge in [0.25, 0.3) is 0 Å². The number of nitrogens with zero attached hydrogens (tertiary/aromatic N) is 3. The third-order valence-electron chi connectivity index (χ3n) is 5.53. The lowest BCUT2D eigenvalue weighted by atomic mass is 9.98. The van der Waals surface area contributed by atoms with Crippen molar-refractivity contribution in [1.29, 1.82) is 0 Å². The average Bonchev–Trinajstić information content (AvgIpc) is 3.31. The number of hydrogen-bond donors (Lipinski definition) is 0. The molecule has 4 aromatic rings. The molecule has 1 heterocycles. The normalized spacial score (nSPS) is 15.8. The average molecular weight is 480 g/mol. The van der Waals surface area contributed by atoms with Crippen molar-refractivity contribution in [2.45, 2.75) is 12.5 Å². The Hall–Kier alpha value is -3.50. The molecule has 0 amide bonds. The fourth-order valence-electron chi connectivity index (χ4n) is 3.90. The minimum Gasteiger partial charge on any atom is -0.257 e. The molecule has 1 atom stereocenters. The molecule has 4 heteroatoms. The Morgan fingerprint density at radius 1 is 0.812 bits per heavy atom. The van der Waals surface area contributed by atoms with Crippen LogP contribution in [0.15, 0.2) is 124 Å². The molecular weight excluding hydrogens is 458 g/mol. The zero-order valence-corrected chi connectivity index (χ0v) is 19.1. The van der Waals surface area contributed by atoms with E-state index in [1.54, 1.807) is 0 Å². The maximum absolute atomic E-state index is 5.05. The zero-order chi connectivity index (χ0) is 21.8. The van der Waals surface area contributed by atoms with E-state index in [1.807, 2.05) is 42.6 Å². The lowest BCUT2D eigenvalue weighted by molar-refractivity contribution is 0.709. The van der Waals surface area contributed by atoms with E-state index in [1.165, 1.54) is 5.56 Å². The van der Waals surface area contributed by atoms with E-state index in [9.17, 15) is 0 Å². The summed E-state index contributed by atoms with van der Waals surface area (Å²) < 4.78 is 1.06. The number of benzene rings is 4. The maximum atomic E-state index is 5.05. The SMILES string of the molecule is Brc1ccc(C=Nc2cccc(C3=NN(c4ccccc4)C(c4ccccc4)C3)c2)cc1. The number of rotatable bonds is 5. The minimum atomic E-state index is 0.170. The number of hydrogen-bond acceptors (Lipinski definition) is 3. The molecule has 0 bridgehead atoms. The van der Waals surface area contributed by atoms with Crippen LogP contribution in [0.2, 0.25) is 0 Å². The van der Waals surface area contributed by atoms with Crippen molar-refractivity contribution >= 4 is 39.2 Å². The summed E-state index contributed by atoms with van der Waals surface area (Å²) in [6.07, 6.45) is 2.74. The molecule has 156 valence electrons. The molecule has 0 aliphatic carbocycles. The van der Waals surface area contributed by atoms with Gasteiger partial charge in [-0.05, 0) is 53.1 Å². The molecular formula is C28H22BrN3. The summed E-state index contributed by atoms with van der Waals surface area (Å²) in [5.74, 6) is 0. The van der Waals surface area contributed by atoms with E-state index in [0.717, 1.165) is 39.1 Å². The molecule has 1 aliphatic heterocycles. The highest BCUT2D eigenvalue weighted by Gasteiger charge is 2.29. The number of hydrazone groups is 1. The molecule has 1 unspecified atom stereocenters. The van der Waals surface area contributed by atoms with Crippen molar-refractivity contribution < 1.29 is 0 Å². The predicted octanol–water partition coefficient (Wildman–Crippen LogP) is 7.56. The zero-order valence-electron chi connectivity index (χ0n) is 17.5. The monoisotopic (exact) mass is 479 g/mol. The van der Waals surface area contributed by atoms with E-state index in [-0.39, 0.29) is 6.04 Å². The summed E-state index contributed by atoms with van der Waals surface area (Å²) in [4.78, 5) is 4.68. The van der Waals surface area contributed by atoms with Crippen LogP contribution in [0.1, 0.15) is 29.2 Å². The van der Waals surface area contributed by atoms with Crippen LogP contribution in [0, 0.1) is 0 Å². The molecule has 3 nitrogen and oxygen atoms in total. The number of para-hydroxylation sites is 1. The summed E-state index contributed by atoms with van der Waals surface area (Å²) in [6.45, 7) is 0. The minimum absolute atomic E-state index is 0.170. The van der Waals surface area contributed by atoms with E-state index in [0.29, 0.717) is 0 Å². The summed E-state index contributed by atoms with van der Waals surface area (Å²) >= 11 is 3.47. The summed E-state index contributed by atoms with van der Waals surface area (Å²) in [6, 6.07) is 37.6. The van der Waals surface area contributed by atoms with E-state index >= 15 is 0 Å². The van der Waals surface area contributed by atoms with Gasteiger partial charge in [-0.3, -0.25) is 10.0 Å². The van der Waals surface area contributed by atoms with Gasteiger partial charge in [0.05, 0.1) is 23.1 Å². The quantitative estimate of drug-likeness (QED) is 0.271. The van der Waals surface area contributed by atoms with Crippen LogP contribution in [-0.4, -0.2) is 11.9 Å². The highest BCUT2D eigenvalue weighted by atomic mass is 79.9. The molecule has 0 aromatic heterocycles. The van der Waals surface area contributed by atoms with Crippen molar-refractivity contribution in [3.8, 4) is 0 Å². The second-order valence-corrected chi connectivity index (χ2v) is 8.63. The molecule has 0 spiro atoms. The summed E-state index contributed by atoms with van der Waals surface area (Å²) in [5.41, 5.74) is 6.53. The van der Waals surface area contributed by atoms with Gasteiger partial charge >= 0.3 is 0 Å². The predicted molar refractivity (Wildman–Crippen MR) is 137 cm³/mol. The summed E-state index contributed by atoms with van der Waals surface area (Å²) in [5, 5.41) is 7.19. The molecule has 32 heavy (non-hydrogen) atoms. The molecule has 4 aromatic carbocycles. The molecule has 0 radical (unpaired) electrons. The maximum Gasteiger partial charge on any atom is 0.0831 e. The van der Waals surface area contributed by atoms with Crippen LogP contribution >= 0.6 is 15.9 Å². The van der Waals surface area contributed by atoms with Crippen molar-refractivity contribution in [2.75, 3.05) is 5.01 Å². The van der Waals surface area contributed by atoms with E-state index in [2.05, 4.69) is 98.7 Å². The van der Waals surface area contributed by atoms with E-state index in [4.69, 9.17) is 5.10 Å². The van der Waals surface area contributed by atoms with Gasteiger partial charge in [-0.15, -0.1) is 0 Å². The van der Waals surface area contributed by atoms with Crippen molar-refractivity contribution in [1.82, 2.24) is 0 Å². The Morgan fingerprint density at radius 2 is 1.53 bits per heavy atom. The Labute approximate surface area is 196 Å². The summed E-state index contributed by atoms with van der Waals surface area (Å²) in [7, 11) is 0. The Bertz CT molecular complexity index is 1250. The van der Waals surface area contributed by atoms with Crippen LogP contribution in [0.5, 0.6) is 0 Å². The van der Waals surface area contributed by atoms with Crippen LogP contribution in [0.3, 0.4) is 0 Å². The first-order chi connectivity index (χ1) is 15.8. The second-order valence-electron chi connectivity index (χ2n) is 7.72. The fraction of sp³-hybridized carbons (Fsp3) is 0.0714. The first kappa shape index (κ1) is 20.4. The van der Waals surface area contributed by atoms with Crippen LogP contribution in [0.25, 0.3) is 0 Å². The Balaban J connectivity index is 1.45. The van der Waals surface area contributed by atoms with Gasteiger partial charge < -0.3 is 0 Å². The second kappa shape index (κ2) is 9.33. The van der Waals surface area contributed by atoms with Crippen LogP contribution in [0.4, 0.5) is 11.4 Å². The lowest BCUT2D eigenvalue weighted by Gasteiger charge is -2.23. The smallest absolute Gasteiger partial charge is 0.0831 e. The van der Waals surface area contributed by atoms with Crippen LogP contribution < -0.4 is 5.01 Å². The van der Waals surface area contributed by atoms with E-state index < -0.39 is 0 Å². The van der Waals surface area contributed by atoms with Gasteiger partial charge in [0.15, 0.2) is 0 Å².